The Bertz CT molecular complexity index is 649. The van der Waals surface area contributed by atoms with E-state index >= 15 is 0 Å². The molecule has 5 nitrogen and oxygen atoms in total. The van der Waals surface area contributed by atoms with Crippen molar-refractivity contribution in [3.05, 3.63) is 29.8 Å². The Morgan fingerprint density at radius 2 is 2.07 bits per heavy atom. The number of anilines is 1. The minimum absolute atomic E-state index is 0. The number of nitrogens with one attached hydrogen (secondary N) is 3. The molecule has 0 bridgehead atoms. The Labute approximate surface area is 180 Å². The molecule has 3 rings (SSSR count). The Morgan fingerprint density at radius 3 is 2.85 bits per heavy atom. The molecule has 3 atom stereocenters. The Balaban J connectivity index is 0.00000261. The highest BCUT2D eigenvalue weighted by atomic mass is 127. The average Bonchev–Trinajstić information content (AvgIpc) is 2.64. The maximum absolute atomic E-state index is 11.9. The van der Waals surface area contributed by atoms with Crippen LogP contribution in [0.4, 0.5) is 5.69 Å². The smallest absolute Gasteiger partial charge is 0.225 e. The molecule has 3 unspecified atom stereocenters. The molecule has 6 heteroatoms. The first-order valence-corrected chi connectivity index (χ1v) is 9.99. The fourth-order valence-electron chi connectivity index (χ4n) is 4.34. The van der Waals surface area contributed by atoms with Crippen molar-refractivity contribution in [2.75, 3.05) is 25.5 Å². The summed E-state index contributed by atoms with van der Waals surface area (Å²) in [6, 6.07) is 8.06. The highest BCUT2D eigenvalue weighted by molar-refractivity contribution is 14.0. The van der Waals surface area contributed by atoms with E-state index in [1.165, 1.54) is 37.7 Å². The maximum atomic E-state index is 11.9. The molecule has 0 aromatic heterocycles. The lowest BCUT2D eigenvalue weighted by atomic mass is 9.81. The van der Waals surface area contributed by atoms with Gasteiger partial charge < -0.3 is 16.0 Å². The van der Waals surface area contributed by atoms with Gasteiger partial charge in [-0.05, 0) is 36.3 Å². The van der Waals surface area contributed by atoms with E-state index in [2.05, 4.69) is 33.9 Å². The summed E-state index contributed by atoms with van der Waals surface area (Å²) in [6.45, 7) is 4.04. The van der Waals surface area contributed by atoms with Gasteiger partial charge in [0.2, 0.25) is 5.91 Å². The molecule has 1 heterocycles. The van der Waals surface area contributed by atoms with Crippen LogP contribution < -0.4 is 16.0 Å². The standard InChI is InChI=1S/C21H32N4O.HI/c1-15-6-5-7-16(12-15)10-11-23-21(22-2)24-14-17-13-20(26)25-19-9-4-3-8-18(17)19;/h3-4,8-9,15-17H,5-7,10-14H2,1-2H3,(H,25,26)(H2,22,23,24);1H. The van der Waals surface area contributed by atoms with Gasteiger partial charge in [-0.2, -0.15) is 0 Å². The molecule has 1 aliphatic carbocycles. The van der Waals surface area contributed by atoms with E-state index in [9.17, 15) is 4.79 Å². The maximum Gasteiger partial charge on any atom is 0.225 e. The molecule has 1 aromatic rings. The van der Waals surface area contributed by atoms with E-state index in [0.29, 0.717) is 13.0 Å². The van der Waals surface area contributed by atoms with Crippen molar-refractivity contribution in [1.82, 2.24) is 10.6 Å². The molecule has 1 amide bonds. The van der Waals surface area contributed by atoms with Crippen molar-refractivity contribution in [2.45, 2.75) is 51.4 Å². The van der Waals surface area contributed by atoms with Gasteiger partial charge >= 0.3 is 0 Å². The number of rotatable bonds is 5. The molecule has 0 saturated heterocycles. The molecular formula is C21H33IN4O. The van der Waals surface area contributed by atoms with Gasteiger partial charge in [0.1, 0.15) is 0 Å². The van der Waals surface area contributed by atoms with Crippen LogP contribution in [-0.2, 0) is 4.79 Å². The largest absolute Gasteiger partial charge is 0.356 e. The van der Waals surface area contributed by atoms with Gasteiger partial charge in [-0.1, -0.05) is 44.4 Å². The van der Waals surface area contributed by atoms with Crippen LogP contribution in [-0.4, -0.2) is 32.0 Å². The number of hydrogen-bond acceptors (Lipinski definition) is 2. The highest BCUT2D eigenvalue weighted by Crippen LogP contribution is 2.31. The second kappa shape index (κ2) is 10.9. The quantitative estimate of drug-likeness (QED) is 0.335. The molecule has 27 heavy (non-hydrogen) atoms. The third-order valence-electron chi connectivity index (χ3n) is 5.74. The summed E-state index contributed by atoms with van der Waals surface area (Å²) in [7, 11) is 1.81. The van der Waals surface area contributed by atoms with E-state index in [0.717, 1.165) is 30.0 Å². The predicted octanol–water partition coefficient (Wildman–Crippen LogP) is 4.11. The van der Waals surface area contributed by atoms with Gasteiger partial charge in [0.15, 0.2) is 5.96 Å². The van der Waals surface area contributed by atoms with Gasteiger partial charge in [0, 0.05) is 38.2 Å². The molecule has 3 N–H and O–H groups in total. The van der Waals surface area contributed by atoms with Gasteiger partial charge in [0.05, 0.1) is 0 Å². The monoisotopic (exact) mass is 484 g/mol. The predicted molar refractivity (Wildman–Crippen MR) is 123 cm³/mol. The summed E-state index contributed by atoms with van der Waals surface area (Å²) in [5.41, 5.74) is 2.14. The zero-order chi connectivity index (χ0) is 18.4. The lowest BCUT2D eigenvalue weighted by molar-refractivity contribution is -0.116. The number of benzene rings is 1. The van der Waals surface area contributed by atoms with E-state index in [4.69, 9.17) is 0 Å². The number of hydrogen-bond donors (Lipinski definition) is 3. The summed E-state index contributed by atoms with van der Waals surface area (Å²) in [5, 5.41) is 9.80. The fraction of sp³-hybridized carbons (Fsp3) is 0.619. The third kappa shape index (κ3) is 6.36. The van der Waals surface area contributed by atoms with E-state index in [1.807, 2.05) is 18.2 Å². The first-order chi connectivity index (χ1) is 12.7. The lowest BCUT2D eigenvalue weighted by Crippen LogP contribution is -2.41. The van der Waals surface area contributed by atoms with Crippen LogP contribution in [0, 0.1) is 11.8 Å². The van der Waals surface area contributed by atoms with Crippen LogP contribution in [0.3, 0.4) is 0 Å². The van der Waals surface area contributed by atoms with Crippen LogP contribution in [0.5, 0.6) is 0 Å². The number of fused-ring (bicyclic) bond motifs is 1. The van der Waals surface area contributed by atoms with Crippen molar-refractivity contribution in [1.29, 1.82) is 0 Å². The molecule has 0 radical (unpaired) electrons. The Hall–Kier alpha value is -1.31. The second-order valence-electron chi connectivity index (χ2n) is 7.84. The first kappa shape index (κ1) is 22.0. The summed E-state index contributed by atoms with van der Waals surface area (Å²) in [4.78, 5) is 16.3. The van der Waals surface area contributed by atoms with Gasteiger partial charge in [0.25, 0.3) is 0 Å². The van der Waals surface area contributed by atoms with Crippen molar-refractivity contribution in [2.24, 2.45) is 16.8 Å². The average molecular weight is 484 g/mol. The summed E-state index contributed by atoms with van der Waals surface area (Å²) >= 11 is 0. The van der Waals surface area contributed by atoms with E-state index < -0.39 is 0 Å². The van der Waals surface area contributed by atoms with Crippen molar-refractivity contribution in [3.63, 3.8) is 0 Å². The number of nitrogens with zero attached hydrogens (tertiary/aromatic N) is 1. The fourth-order valence-corrected chi connectivity index (χ4v) is 4.34. The number of halogens is 1. The number of guanidine groups is 1. The lowest BCUT2D eigenvalue weighted by Gasteiger charge is -2.27. The number of para-hydroxylation sites is 1. The molecule has 2 aliphatic rings. The van der Waals surface area contributed by atoms with Crippen LogP contribution in [0.2, 0.25) is 0 Å². The number of aliphatic imine (C=N–C) groups is 1. The SMILES string of the molecule is CN=C(NCCC1CCCC(C)C1)NCC1CC(=O)Nc2ccccc21.I. The molecule has 1 aliphatic heterocycles. The van der Waals surface area contributed by atoms with Crippen molar-refractivity contribution in [3.8, 4) is 0 Å². The number of carbonyl (C=O) groups is 1. The zero-order valence-corrected chi connectivity index (χ0v) is 18.8. The zero-order valence-electron chi connectivity index (χ0n) is 16.5. The van der Waals surface area contributed by atoms with E-state index in [-0.39, 0.29) is 35.8 Å². The minimum atomic E-state index is 0. The Morgan fingerprint density at radius 1 is 1.26 bits per heavy atom. The molecule has 150 valence electrons. The van der Waals surface area contributed by atoms with Crippen LogP contribution in [0.1, 0.15) is 56.9 Å². The molecule has 1 fully saturated rings. The van der Waals surface area contributed by atoms with Crippen molar-refractivity contribution >= 4 is 41.5 Å². The highest BCUT2D eigenvalue weighted by Gasteiger charge is 2.24. The Kier molecular flexibility index (Phi) is 8.86. The van der Waals surface area contributed by atoms with Gasteiger partial charge in [-0.3, -0.25) is 9.79 Å². The normalized spacial score (nSPS) is 25.0. The molecule has 1 saturated carbocycles. The summed E-state index contributed by atoms with van der Waals surface area (Å²) in [6.07, 6.45) is 7.22. The van der Waals surface area contributed by atoms with Gasteiger partial charge in [-0.15, -0.1) is 24.0 Å². The molecule has 1 aromatic carbocycles. The number of carbonyl (C=O) groups excluding carboxylic acids is 1. The summed E-state index contributed by atoms with van der Waals surface area (Å²) < 4.78 is 0. The third-order valence-corrected chi connectivity index (χ3v) is 5.74. The molecular weight excluding hydrogens is 451 g/mol. The van der Waals surface area contributed by atoms with Gasteiger partial charge in [-0.25, -0.2) is 0 Å². The van der Waals surface area contributed by atoms with Crippen molar-refractivity contribution < 1.29 is 4.79 Å². The van der Waals surface area contributed by atoms with E-state index in [1.54, 1.807) is 7.05 Å². The minimum Gasteiger partial charge on any atom is -0.356 e. The first-order valence-electron chi connectivity index (χ1n) is 9.99. The van der Waals surface area contributed by atoms with Crippen LogP contribution >= 0.6 is 24.0 Å². The second-order valence-corrected chi connectivity index (χ2v) is 7.84. The summed E-state index contributed by atoms with van der Waals surface area (Å²) in [5.74, 6) is 2.82. The topological polar surface area (TPSA) is 65.5 Å². The number of amides is 1. The van der Waals surface area contributed by atoms with Crippen LogP contribution in [0.25, 0.3) is 0 Å². The molecule has 0 spiro atoms. The van der Waals surface area contributed by atoms with Crippen LogP contribution in [0.15, 0.2) is 29.3 Å².